The molecule has 2 aromatic carbocycles. The molecule has 0 spiro atoms. The number of rotatable bonds is 4. The fourth-order valence-electron chi connectivity index (χ4n) is 1.80. The van der Waals surface area contributed by atoms with E-state index in [9.17, 15) is 14.9 Å². The van der Waals surface area contributed by atoms with E-state index in [0.717, 1.165) is 11.1 Å². The molecule has 0 amide bonds. The highest BCUT2D eigenvalue weighted by atomic mass is 16.6. The zero-order valence-corrected chi connectivity index (χ0v) is 11.1. The van der Waals surface area contributed by atoms with Gasteiger partial charge in [-0.25, -0.2) is 0 Å². The molecule has 0 aliphatic heterocycles. The van der Waals surface area contributed by atoms with Gasteiger partial charge in [-0.1, -0.05) is 12.1 Å². The molecular formula is C15H13NO4. The van der Waals surface area contributed by atoms with Gasteiger partial charge in [0.2, 0.25) is 0 Å². The Balaban J connectivity index is 2.37. The van der Waals surface area contributed by atoms with Crippen molar-refractivity contribution in [1.29, 1.82) is 0 Å². The zero-order valence-electron chi connectivity index (χ0n) is 11.1. The first-order valence-electron chi connectivity index (χ1n) is 6.00. The van der Waals surface area contributed by atoms with Gasteiger partial charge in [-0.2, -0.15) is 0 Å². The minimum absolute atomic E-state index is 0.00203. The SMILES string of the molecule is Cc1ccc(C)c(Oc2ccc([N+](=O)[O-])c(C=O)c2)c1. The second kappa shape index (κ2) is 5.52. The summed E-state index contributed by atoms with van der Waals surface area (Å²) in [7, 11) is 0. The molecule has 20 heavy (non-hydrogen) atoms. The molecule has 0 radical (unpaired) electrons. The highest BCUT2D eigenvalue weighted by Crippen LogP contribution is 2.29. The fraction of sp³-hybridized carbons (Fsp3) is 0.133. The lowest BCUT2D eigenvalue weighted by Gasteiger charge is -2.10. The first kappa shape index (κ1) is 13.7. The van der Waals surface area contributed by atoms with Crippen molar-refractivity contribution in [2.24, 2.45) is 0 Å². The quantitative estimate of drug-likeness (QED) is 0.481. The molecule has 0 bridgehead atoms. The number of carbonyl (C=O) groups is 1. The Labute approximate surface area is 116 Å². The number of hydrogen-bond acceptors (Lipinski definition) is 4. The number of nitro benzene ring substituents is 1. The maximum absolute atomic E-state index is 10.9. The van der Waals surface area contributed by atoms with Crippen LogP contribution >= 0.6 is 0 Å². The molecule has 2 aromatic rings. The summed E-state index contributed by atoms with van der Waals surface area (Å²) in [6, 6.07) is 9.88. The molecule has 0 unspecified atom stereocenters. The van der Waals surface area contributed by atoms with Crippen LogP contribution in [0.15, 0.2) is 36.4 Å². The first-order valence-corrected chi connectivity index (χ1v) is 6.00. The lowest BCUT2D eigenvalue weighted by molar-refractivity contribution is -0.385. The van der Waals surface area contributed by atoms with Crippen LogP contribution in [-0.2, 0) is 0 Å². The van der Waals surface area contributed by atoms with Crippen molar-refractivity contribution in [3.8, 4) is 11.5 Å². The van der Waals surface area contributed by atoms with Crippen LogP contribution in [0.2, 0.25) is 0 Å². The number of carbonyl (C=O) groups excluding carboxylic acids is 1. The monoisotopic (exact) mass is 271 g/mol. The van der Waals surface area contributed by atoms with E-state index in [4.69, 9.17) is 4.74 Å². The van der Waals surface area contributed by atoms with Crippen molar-refractivity contribution in [2.45, 2.75) is 13.8 Å². The Morgan fingerprint density at radius 3 is 2.55 bits per heavy atom. The summed E-state index contributed by atoms with van der Waals surface area (Å²) in [6.45, 7) is 3.85. The zero-order chi connectivity index (χ0) is 14.7. The molecule has 0 aliphatic rings. The summed E-state index contributed by atoms with van der Waals surface area (Å²) in [5.41, 5.74) is 1.76. The van der Waals surface area contributed by atoms with Gasteiger partial charge in [0, 0.05) is 6.07 Å². The summed E-state index contributed by atoms with van der Waals surface area (Å²) in [5, 5.41) is 10.8. The smallest absolute Gasteiger partial charge is 0.280 e. The van der Waals surface area contributed by atoms with E-state index in [1.54, 1.807) is 0 Å². The molecule has 0 N–H and O–H groups in total. The lowest BCUT2D eigenvalue weighted by Crippen LogP contribution is -1.95. The third kappa shape index (κ3) is 2.83. The Morgan fingerprint density at radius 2 is 1.90 bits per heavy atom. The van der Waals surface area contributed by atoms with E-state index in [2.05, 4.69) is 0 Å². The van der Waals surface area contributed by atoms with Crippen LogP contribution in [-0.4, -0.2) is 11.2 Å². The molecule has 0 saturated heterocycles. The standard InChI is InChI=1S/C15H13NO4/c1-10-3-4-11(2)15(7-10)20-13-5-6-14(16(18)19)12(8-13)9-17/h3-9H,1-2H3. The molecule has 0 saturated carbocycles. The van der Waals surface area contributed by atoms with E-state index in [1.807, 2.05) is 32.0 Å². The van der Waals surface area contributed by atoms with E-state index < -0.39 is 4.92 Å². The number of aryl methyl sites for hydroxylation is 2. The maximum atomic E-state index is 10.9. The average molecular weight is 271 g/mol. The third-order valence-corrected chi connectivity index (χ3v) is 2.89. The normalized spacial score (nSPS) is 10.1. The van der Waals surface area contributed by atoms with E-state index >= 15 is 0 Å². The highest BCUT2D eigenvalue weighted by Gasteiger charge is 2.14. The highest BCUT2D eigenvalue weighted by molar-refractivity contribution is 5.82. The number of nitro groups is 1. The van der Waals surface area contributed by atoms with E-state index in [0.29, 0.717) is 17.8 Å². The summed E-state index contributed by atoms with van der Waals surface area (Å²) in [4.78, 5) is 21.1. The molecule has 5 heteroatoms. The molecule has 0 heterocycles. The van der Waals surface area contributed by atoms with Gasteiger partial charge in [0.25, 0.3) is 5.69 Å². The summed E-state index contributed by atoms with van der Waals surface area (Å²) in [5.74, 6) is 1.06. The van der Waals surface area contributed by atoms with Crippen LogP contribution in [0.4, 0.5) is 5.69 Å². The van der Waals surface area contributed by atoms with Crippen molar-refractivity contribution in [2.75, 3.05) is 0 Å². The number of ether oxygens (including phenoxy) is 1. The van der Waals surface area contributed by atoms with Gasteiger partial charge < -0.3 is 4.74 Å². The van der Waals surface area contributed by atoms with Crippen LogP contribution in [0, 0.1) is 24.0 Å². The summed E-state index contributed by atoms with van der Waals surface area (Å²) in [6.07, 6.45) is 0.452. The predicted octanol–water partition coefficient (Wildman–Crippen LogP) is 3.82. The molecular weight excluding hydrogens is 258 g/mol. The molecule has 0 aliphatic carbocycles. The van der Waals surface area contributed by atoms with Gasteiger partial charge >= 0.3 is 0 Å². The Kier molecular flexibility index (Phi) is 3.79. The van der Waals surface area contributed by atoms with E-state index in [-0.39, 0.29) is 11.3 Å². The molecule has 5 nitrogen and oxygen atoms in total. The van der Waals surface area contributed by atoms with Crippen molar-refractivity contribution in [1.82, 2.24) is 0 Å². The number of hydrogen-bond donors (Lipinski definition) is 0. The maximum Gasteiger partial charge on any atom is 0.280 e. The predicted molar refractivity (Wildman–Crippen MR) is 74.5 cm³/mol. The minimum Gasteiger partial charge on any atom is -0.457 e. The Hall–Kier alpha value is -2.69. The lowest BCUT2D eigenvalue weighted by atomic mass is 10.1. The van der Waals surface area contributed by atoms with Gasteiger partial charge in [0.15, 0.2) is 6.29 Å². The number of benzene rings is 2. The molecule has 2 rings (SSSR count). The molecule has 0 fully saturated rings. The van der Waals surface area contributed by atoms with Gasteiger partial charge in [0.05, 0.1) is 10.5 Å². The molecule has 0 aromatic heterocycles. The molecule has 102 valence electrons. The second-order valence-electron chi connectivity index (χ2n) is 4.47. The van der Waals surface area contributed by atoms with Gasteiger partial charge in [-0.05, 0) is 43.2 Å². The topological polar surface area (TPSA) is 69.4 Å². The number of aldehydes is 1. The minimum atomic E-state index is -0.592. The average Bonchev–Trinajstić information content (AvgIpc) is 2.42. The van der Waals surface area contributed by atoms with Gasteiger partial charge in [-0.3, -0.25) is 14.9 Å². The molecule has 0 atom stereocenters. The second-order valence-corrected chi connectivity index (χ2v) is 4.47. The first-order chi connectivity index (χ1) is 9.51. The largest absolute Gasteiger partial charge is 0.457 e. The van der Waals surface area contributed by atoms with Crippen molar-refractivity contribution >= 4 is 12.0 Å². The fourth-order valence-corrected chi connectivity index (χ4v) is 1.80. The van der Waals surface area contributed by atoms with Crippen LogP contribution in [0.1, 0.15) is 21.5 Å². The summed E-state index contributed by atoms with van der Waals surface area (Å²) < 4.78 is 5.69. The Bertz CT molecular complexity index is 680. The van der Waals surface area contributed by atoms with Gasteiger partial charge in [-0.15, -0.1) is 0 Å². The van der Waals surface area contributed by atoms with Crippen LogP contribution in [0.3, 0.4) is 0 Å². The van der Waals surface area contributed by atoms with Crippen molar-refractivity contribution in [3.05, 3.63) is 63.2 Å². The van der Waals surface area contributed by atoms with Crippen molar-refractivity contribution < 1.29 is 14.5 Å². The summed E-state index contributed by atoms with van der Waals surface area (Å²) >= 11 is 0. The Morgan fingerprint density at radius 1 is 1.15 bits per heavy atom. The third-order valence-electron chi connectivity index (χ3n) is 2.89. The van der Waals surface area contributed by atoms with Crippen LogP contribution < -0.4 is 4.74 Å². The van der Waals surface area contributed by atoms with Crippen molar-refractivity contribution in [3.63, 3.8) is 0 Å². The van der Waals surface area contributed by atoms with Gasteiger partial charge in [0.1, 0.15) is 11.5 Å². The number of nitrogens with zero attached hydrogens (tertiary/aromatic N) is 1. The van der Waals surface area contributed by atoms with E-state index in [1.165, 1.54) is 18.2 Å². The van der Waals surface area contributed by atoms with Crippen LogP contribution in [0.25, 0.3) is 0 Å². The van der Waals surface area contributed by atoms with Crippen LogP contribution in [0.5, 0.6) is 11.5 Å².